The maximum absolute atomic E-state index is 11.0. The van der Waals surface area contributed by atoms with Crippen molar-refractivity contribution < 1.29 is 9.90 Å². The van der Waals surface area contributed by atoms with E-state index in [9.17, 15) is 4.79 Å². The molecule has 4 nitrogen and oxygen atoms in total. The van der Waals surface area contributed by atoms with E-state index in [-0.39, 0.29) is 6.42 Å². The summed E-state index contributed by atoms with van der Waals surface area (Å²) in [5.74, 6) is -0.827. The summed E-state index contributed by atoms with van der Waals surface area (Å²) >= 11 is 1.58. The number of fused-ring (bicyclic) bond motifs is 1. The first-order chi connectivity index (χ1) is 9.24. The van der Waals surface area contributed by atoms with Gasteiger partial charge in [-0.05, 0) is 11.6 Å². The summed E-state index contributed by atoms with van der Waals surface area (Å²) in [7, 11) is 0. The average Bonchev–Trinajstić information content (AvgIpc) is 2.99. The van der Waals surface area contributed by atoms with Crippen molar-refractivity contribution in [3.63, 3.8) is 0 Å². The number of carboxylic acids is 1. The van der Waals surface area contributed by atoms with Crippen molar-refractivity contribution in [3.05, 3.63) is 52.1 Å². The fraction of sp³-hybridized carbons (Fsp3) is 0.143. The first-order valence-electron chi connectivity index (χ1n) is 5.92. The molecule has 0 unspecified atom stereocenters. The van der Waals surface area contributed by atoms with Gasteiger partial charge in [0.2, 0.25) is 0 Å². The van der Waals surface area contributed by atoms with Gasteiger partial charge in [-0.15, -0.1) is 11.3 Å². The Balaban J connectivity index is 2.10. The van der Waals surface area contributed by atoms with E-state index in [1.54, 1.807) is 17.5 Å². The van der Waals surface area contributed by atoms with Crippen molar-refractivity contribution in [2.45, 2.75) is 12.8 Å². The molecule has 0 amide bonds. The molecule has 0 atom stereocenters. The molecule has 0 radical (unpaired) electrons. The Morgan fingerprint density at radius 1 is 1.37 bits per heavy atom. The molecule has 0 aliphatic heterocycles. The molecule has 2 aromatic heterocycles. The molecule has 0 aliphatic carbocycles. The number of nitrogens with one attached hydrogen (secondary N) is 1. The molecular formula is C14H12N2O2S. The topological polar surface area (TPSA) is 66.0 Å². The maximum Gasteiger partial charge on any atom is 0.309 e. The Hall–Kier alpha value is -2.14. The summed E-state index contributed by atoms with van der Waals surface area (Å²) < 4.78 is 0. The van der Waals surface area contributed by atoms with Crippen LogP contribution in [-0.4, -0.2) is 21.0 Å². The molecule has 0 saturated heterocycles. The summed E-state index contributed by atoms with van der Waals surface area (Å²) in [6.45, 7) is 0. The van der Waals surface area contributed by atoms with Gasteiger partial charge in [0.15, 0.2) is 0 Å². The zero-order chi connectivity index (χ0) is 13.2. The lowest BCUT2D eigenvalue weighted by Crippen LogP contribution is -2.03. The fourth-order valence-corrected chi connectivity index (χ4v) is 2.88. The number of carbonyl (C=O) groups is 1. The van der Waals surface area contributed by atoms with Crippen LogP contribution in [-0.2, 0) is 17.6 Å². The molecule has 5 heteroatoms. The highest BCUT2D eigenvalue weighted by atomic mass is 32.1. The highest BCUT2D eigenvalue weighted by Crippen LogP contribution is 2.26. The van der Waals surface area contributed by atoms with Gasteiger partial charge in [-0.2, -0.15) is 0 Å². The second-order valence-electron chi connectivity index (χ2n) is 4.30. The van der Waals surface area contributed by atoms with Crippen LogP contribution in [0.3, 0.4) is 0 Å². The van der Waals surface area contributed by atoms with Crippen molar-refractivity contribution >= 4 is 28.2 Å². The third-order valence-electron chi connectivity index (χ3n) is 3.04. The van der Waals surface area contributed by atoms with E-state index < -0.39 is 5.97 Å². The molecule has 3 aromatic rings. The van der Waals surface area contributed by atoms with Crippen LogP contribution in [0.1, 0.15) is 16.3 Å². The van der Waals surface area contributed by atoms with Gasteiger partial charge in [0.1, 0.15) is 0 Å². The molecule has 0 aliphatic rings. The van der Waals surface area contributed by atoms with Crippen LogP contribution in [0.2, 0.25) is 0 Å². The van der Waals surface area contributed by atoms with Crippen LogP contribution in [0.4, 0.5) is 0 Å². The van der Waals surface area contributed by atoms with Crippen LogP contribution in [0.15, 0.2) is 35.8 Å². The SMILES string of the molecule is O=C(O)Cc1[nH]c2ccccc2c1Cc1nccs1. The van der Waals surface area contributed by atoms with E-state index in [4.69, 9.17) is 5.11 Å². The molecule has 0 fully saturated rings. The molecule has 0 spiro atoms. The lowest BCUT2D eigenvalue weighted by atomic mass is 10.1. The number of benzene rings is 1. The van der Waals surface area contributed by atoms with Crippen LogP contribution in [0, 0.1) is 0 Å². The van der Waals surface area contributed by atoms with Gasteiger partial charge in [-0.25, -0.2) is 4.98 Å². The minimum absolute atomic E-state index is 0.00931. The summed E-state index contributed by atoms with van der Waals surface area (Å²) in [5.41, 5.74) is 2.78. The third-order valence-corrected chi connectivity index (χ3v) is 3.82. The van der Waals surface area contributed by atoms with Gasteiger partial charge in [0.05, 0.1) is 11.4 Å². The minimum Gasteiger partial charge on any atom is -0.481 e. The second kappa shape index (κ2) is 4.85. The molecule has 2 heterocycles. The third kappa shape index (κ3) is 2.37. The van der Waals surface area contributed by atoms with Crippen molar-refractivity contribution in [2.24, 2.45) is 0 Å². The largest absolute Gasteiger partial charge is 0.481 e. The number of thiazole rings is 1. The van der Waals surface area contributed by atoms with E-state index >= 15 is 0 Å². The predicted octanol–water partition coefficient (Wildman–Crippen LogP) is 2.84. The zero-order valence-corrected chi connectivity index (χ0v) is 10.9. The number of H-pyrrole nitrogens is 1. The number of aromatic amines is 1. The highest BCUT2D eigenvalue weighted by molar-refractivity contribution is 7.09. The molecule has 1 aromatic carbocycles. The van der Waals surface area contributed by atoms with Crippen molar-refractivity contribution in [3.8, 4) is 0 Å². The Bertz CT molecular complexity index is 716. The monoisotopic (exact) mass is 272 g/mol. The van der Waals surface area contributed by atoms with E-state index in [2.05, 4.69) is 9.97 Å². The van der Waals surface area contributed by atoms with E-state index in [1.807, 2.05) is 29.6 Å². The summed E-state index contributed by atoms with van der Waals surface area (Å²) in [4.78, 5) is 18.4. The average molecular weight is 272 g/mol. The quantitative estimate of drug-likeness (QED) is 0.767. The van der Waals surface area contributed by atoms with Crippen LogP contribution in [0.5, 0.6) is 0 Å². The molecule has 96 valence electrons. The number of aromatic nitrogens is 2. The molecule has 0 saturated carbocycles. The van der Waals surface area contributed by atoms with Gasteiger partial charge in [0, 0.05) is 34.6 Å². The standard InChI is InChI=1S/C14H12N2O2S/c17-14(18)8-12-10(7-13-15-5-6-19-13)9-3-1-2-4-11(9)16-12/h1-6,16H,7-8H2,(H,17,18). The summed E-state index contributed by atoms with van der Waals surface area (Å²) in [5, 5.41) is 13.0. The number of aliphatic carboxylic acids is 1. The smallest absolute Gasteiger partial charge is 0.309 e. The lowest BCUT2D eigenvalue weighted by Gasteiger charge is -2.00. The van der Waals surface area contributed by atoms with Crippen molar-refractivity contribution in [2.75, 3.05) is 0 Å². The minimum atomic E-state index is -0.827. The van der Waals surface area contributed by atoms with E-state index in [1.165, 1.54) is 0 Å². The number of hydrogen-bond acceptors (Lipinski definition) is 3. The highest BCUT2D eigenvalue weighted by Gasteiger charge is 2.14. The van der Waals surface area contributed by atoms with Crippen LogP contribution < -0.4 is 0 Å². The maximum atomic E-state index is 11.0. The summed E-state index contributed by atoms with van der Waals surface area (Å²) in [6.07, 6.45) is 2.45. The Morgan fingerprint density at radius 3 is 2.95 bits per heavy atom. The van der Waals surface area contributed by atoms with Crippen LogP contribution >= 0.6 is 11.3 Å². The van der Waals surface area contributed by atoms with Crippen LogP contribution in [0.25, 0.3) is 10.9 Å². The van der Waals surface area contributed by atoms with E-state index in [0.29, 0.717) is 6.42 Å². The number of carboxylic acid groups (broad SMARTS) is 1. The Labute approximate surface area is 113 Å². The fourth-order valence-electron chi connectivity index (χ4n) is 2.25. The Kier molecular flexibility index (Phi) is 3.05. The molecular weight excluding hydrogens is 260 g/mol. The number of nitrogens with zero attached hydrogens (tertiary/aromatic N) is 1. The lowest BCUT2D eigenvalue weighted by molar-refractivity contribution is -0.136. The second-order valence-corrected chi connectivity index (χ2v) is 5.28. The normalized spacial score (nSPS) is 10.9. The Morgan fingerprint density at radius 2 is 2.21 bits per heavy atom. The molecule has 2 N–H and O–H groups in total. The first kappa shape index (κ1) is 11.9. The zero-order valence-electron chi connectivity index (χ0n) is 10.1. The van der Waals surface area contributed by atoms with Gasteiger partial charge >= 0.3 is 5.97 Å². The van der Waals surface area contributed by atoms with E-state index in [0.717, 1.165) is 27.2 Å². The predicted molar refractivity (Wildman–Crippen MR) is 74.6 cm³/mol. The molecule has 3 rings (SSSR count). The van der Waals surface area contributed by atoms with Crippen molar-refractivity contribution in [1.82, 2.24) is 9.97 Å². The molecule has 0 bridgehead atoms. The van der Waals surface area contributed by atoms with Gasteiger partial charge in [0.25, 0.3) is 0 Å². The van der Waals surface area contributed by atoms with Gasteiger partial charge in [-0.3, -0.25) is 4.79 Å². The van der Waals surface area contributed by atoms with Crippen molar-refractivity contribution in [1.29, 1.82) is 0 Å². The summed E-state index contributed by atoms with van der Waals surface area (Å²) in [6, 6.07) is 7.88. The first-order valence-corrected chi connectivity index (χ1v) is 6.80. The number of rotatable bonds is 4. The van der Waals surface area contributed by atoms with Gasteiger partial charge in [-0.1, -0.05) is 18.2 Å². The number of hydrogen-bond donors (Lipinski definition) is 2. The number of para-hydroxylation sites is 1. The van der Waals surface area contributed by atoms with Gasteiger partial charge < -0.3 is 10.1 Å². The molecule has 19 heavy (non-hydrogen) atoms.